The molecule has 0 radical (unpaired) electrons. The summed E-state index contributed by atoms with van der Waals surface area (Å²) in [5.74, 6) is 0.495. The van der Waals surface area contributed by atoms with Crippen molar-refractivity contribution in [2.75, 3.05) is 13.1 Å². The van der Waals surface area contributed by atoms with Gasteiger partial charge in [-0.25, -0.2) is 4.79 Å². The number of carbonyl (C=O) groups is 1. The number of aromatic nitrogens is 1. The highest BCUT2D eigenvalue weighted by Gasteiger charge is 2.38. The summed E-state index contributed by atoms with van der Waals surface area (Å²) in [5.41, 5.74) is 0.564. The first-order valence-electron chi connectivity index (χ1n) is 7.62. The van der Waals surface area contributed by atoms with Crippen LogP contribution in [0.3, 0.4) is 0 Å². The van der Waals surface area contributed by atoms with Gasteiger partial charge in [-0.2, -0.15) is 0 Å². The molecule has 0 saturated carbocycles. The maximum absolute atomic E-state index is 12.3. The van der Waals surface area contributed by atoms with Crippen molar-refractivity contribution in [2.45, 2.75) is 45.3 Å². The van der Waals surface area contributed by atoms with Crippen molar-refractivity contribution < 1.29 is 9.53 Å². The van der Waals surface area contributed by atoms with Crippen molar-refractivity contribution in [1.82, 2.24) is 9.47 Å². The third-order valence-corrected chi connectivity index (χ3v) is 4.86. The van der Waals surface area contributed by atoms with E-state index in [4.69, 9.17) is 4.74 Å². The van der Waals surface area contributed by atoms with Crippen LogP contribution in [0, 0.1) is 5.92 Å². The number of halogens is 1. The number of likely N-dealkylation sites (tertiary alicyclic amines) is 1. The number of nitrogens with zero attached hydrogens (tertiary/aromatic N) is 2. The topological polar surface area (TPSA) is 51.5 Å². The largest absolute Gasteiger partial charge is 0.444 e. The van der Waals surface area contributed by atoms with Gasteiger partial charge in [-0.05, 0) is 55.1 Å². The van der Waals surface area contributed by atoms with Crippen molar-refractivity contribution in [3.63, 3.8) is 0 Å². The SMILES string of the molecule is CC(C)(C)OC(=O)N1CC2CC(C1)c1c(Br)ccc(=O)n1C2. The van der Waals surface area contributed by atoms with Crippen LogP contribution in [-0.2, 0) is 11.3 Å². The van der Waals surface area contributed by atoms with Crippen molar-refractivity contribution in [3.05, 3.63) is 32.7 Å². The minimum Gasteiger partial charge on any atom is -0.444 e. The maximum atomic E-state index is 12.3. The van der Waals surface area contributed by atoms with Gasteiger partial charge in [0.05, 0.1) is 0 Å². The third-order valence-electron chi connectivity index (χ3n) is 4.19. The van der Waals surface area contributed by atoms with Crippen LogP contribution in [0.2, 0.25) is 0 Å². The zero-order valence-electron chi connectivity index (χ0n) is 13.1. The molecule has 1 fully saturated rings. The van der Waals surface area contributed by atoms with Crippen molar-refractivity contribution >= 4 is 22.0 Å². The Morgan fingerprint density at radius 3 is 2.68 bits per heavy atom. The average Bonchev–Trinajstić information content (AvgIpc) is 2.40. The van der Waals surface area contributed by atoms with E-state index in [1.807, 2.05) is 25.3 Å². The molecule has 1 saturated heterocycles. The minimum absolute atomic E-state index is 0.0404. The van der Waals surface area contributed by atoms with Gasteiger partial charge in [0.1, 0.15) is 5.60 Å². The van der Waals surface area contributed by atoms with E-state index in [1.165, 1.54) is 0 Å². The second-order valence-corrected chi connectivity index (χ2v) is 8.05. The number of amides is 1. The van der Waals surface area contributed by atoms with Crippen LogP contribution >= 0.6 is 15.9 Å². The summed E-state index contributed by atoms with van der Waals surface area (Å²) >= 11 is 3.55. The Hall–Kier alpha value is -1.30. The summed E-state index contributed by atoms with van der Waals surface area (Å²) < 4.78 is 8.29. The Morgan fingerprint density at radius 1 is 1.27 bits per heavy atom. The van der Waals surface area contributed by atoms with Gasteiger partial charge in [0.25, 0.3) is 5.56 Å². The average molecular weight is 369 g/mol. The lowest BCUT2D eigenvalue weighted by atomic mass is 9.83. The molecule has 1 aromatic heterocycles. The van der Waals surface area contributed by atoms with E-state index in [1.54, 1.807) is 17.0 Å². The zero-order chi connectivity index (χ0) is 16.1. The molecule has 1 amide bonds. The van der Waals surface area contributed by atoms with Crippen LogP contribution in [0.5, 0.6) is 0 Å². The molecule has 120 valence electrons. The number of pyridine rings is 1. The van der Waals surface area contributed by atoms with Crippen molar-refractivity contribution in [1.29, 1.82) is 0 Å². The van der Waals surface area contributed by atoms with Gasteiger partial charge in [0.2, 0.25) is 0 Å². The normalized spacial score (nSPS) is 23.9. The number of carbonyl (C=O) groups excluding carboxylic acids is 1. The monoisotopic (exact) mass is 368 g/mol. The summed E-state index contributed by atoms with van der Waals surface area (Å²) in [6.07, 6.45) is 0.756. The molecular weight excluding hydrogens is 348 g/mol. The zero-order valence-corrected chi connectivity index (χ0v) is 14.7. The summed E-state index contributed by atoms with van der Waals surface area (Å²) in [6.45, 7) is 7.56. The first-order chi connectivity index (χ1) is 10.2. The summed E-state index contributed by atoms with van der Waals surface area (Å²) in [4.78, 5) is 26.2. The fourth-order valence-electron chi connectivity index (χ4n) is 3.44. The first kappa shape index (κ1) is 15.6. The predicted octanol–water partition coefficient (Wildman–Crippen LogP) is 2.97. The lowest BCUT2D eigenvalue weighted by Gasteiger charge is -2.43. The van der Waals surface area contributed by atoms with Crippen molar-refractivity contribution in [3.8, 4) is 0 Å². The number of hydrogen-bond donors (Lipinski definition) is 0. The Morgan fingerprint density at radius 2 is 2.00 bits per heavy atom. The summed E-state index contributed by atoms with van der Waals surface area (Å²) in [7, 11) is 0. The molecule has 6 heteroatoms. The fourth-order valence-corrected chi connectivity index (χ4v) is 4.11. The van der Waals surface area contributed by atoms with E-state index in [0.717, 1.165) is 16.6 Å². The molecule has 22 heavy (non-hydrogen) atoms. The van der Waals surface area contributed by atoms with E-state index >= 15 is 0 Å². The standard InChI is InChI=1S/C16H21BrN2O3/c1-16(2,3)22-15(21)18-7-10-6-11(9-18)14-12(17)4-5-13(20)19(14)8-10/h4-5,10-11H,6-9H2,1-3H3. The molecule has 5 nitrogen and oxygen atoms in total. The van der Waals surface area contributed by atoms with Crippen LogP contribution in [0.25, 0.3) is 0 Å². The molecule has 2 bridgehead atoms. The highest BCUT2D eigenvalue weighted by atomic mass is 79.9. The highest BCUT2D eigenvalue weighted by Crippen LogP contribution is 2.38. The highest BCUT2D eigenvalue weighted by molar-refractivity contribution is 9.10. The van der Waals surface area contributed by atoms with Gasteiger partial charge in [-0.1, -0.05) is 0 Å². The Balaban J connectivity index is 1.87. The molecule has 1 aromatic rings. The molecule has 0 aliphatic carbocycles. The summed E-state index contributed by atoms with van der Waals surface area (Å²) in [5, 5.41) is 0. The smallest absolute Gasteiger partial charge is 0.410 e. The van der Waals surface area contributed by atoms with E-state index < -0.39 is 5.60 Å². The van der Waals surface area contributed by atoms with E-state index in [2.05, 4.69) is 15.9 Å². The summed E-state index contributed by atoms with van der Waals surface area (Å²) in [6, 6.07) is 3.40. The molecule has 2 atom stereocenters. The van der Waals surface area contributed by atoms with Gasteiger partial charge < -0.3 is 14.2 Å². The fraction of sp³-hybridized carbons (Fsp3) is 0.625. The third kappa shape index (κ3) is 2.93. The molecule has 2 aliphatic rings. The number of ether oxygens (including phenoxy) is 1. The second-order valence-electron chi connectivity index (χ2n) is 7.20. The van der Waals surface area contributed by atoms with Gasteiger partial charge in [-0.3, -0.25) is 4.79 Å². The molecule has 2 aliphatic heterocycles. The Kier molecular flexibility index (Phi) is 3.83. The van der Waals surface area contributed by atoms with Crippen LogP contribution in [0.1, 0.15) is 38.8 Å². The first-order valence-corrected chi connectivity index (χ1v) is 8.41. The molecule has 3 rings (SSSR count). The molecule has 0 N–H and O–H groups in total. The van der Waals surface area contributed by atoms with Gasteiger partial charge in [0.15, 0.2) is 0 Å². The van der Waals surface area contributed by atoms with Crippen LogP contribution in [0.4, 0.5) is 4.79 Å². The number of fused-ring (bicyclic) bond motifs is 4. The quantitative estimate of drug-likeness (QED) is 0.707. The Bertz CT molecular complexity index is 662. The molecule has 0 spiro atoms. The predicted molar refractivity (Wildman–Crippen MR) is 87.1 cm³/mol. The lowest BCUT2D eigenvalue weighted by Crippen LogP contribution is -2.50. The lowest BCUT2D eigenvalue weighted by molar-refractivity contribution is 0.0101. The van der Waals surface area contributed by atoms with Crippen LogP contribution < -0.4 is 5.56 Å². The number of rotatable bonds is 0. The van der Waals surface area contributed by atoms with Gasteiger partial charge in [-0.15, -0.1) is 0 Å². The minimum atomic E-state index is -0.487. The van der Waals surface area contributed by atoms with Crippen LogP contribution in [-0.4, -0.2) is 34.3 Å². The van der Waals surface area contributed by atoms with Crippen LogP contribution in [0.15, 0.2) is 21.4 Å². The second kappa shape index (κ2) is 5.41. The molecule has 3 heterocycles. The molecular formula is C16H21BrN2O3. The number of hydrogen-bond acceptors (Lipinski definition) is 3. The van der Waals surface area contributed by atoms with Gasteiger partial charge >= 0.3 is 6.09 Å². The van der Waals surface area contributed by atoms with Gasteiger partial charge in [0, 0.05) is 41.8 Å². The number of piperidine rings is 1. The maximum Gasteiger partial charge on any atom is 0.410 e. The van der Waals surface area contributed by atoms with E-state index in [-0.39, 0.29) is 17.6 Å². The molecule has 0 aromatic carbocycles. The molecule has 2 unspecified atom stereocenters. The Labute approximate surface area is 138 Å². The van der Waals surface area contributed by atoms with Crippen molar-refractivity contribution in [2.24, 2.45) is 5.92 Å². The van der Waals surface area contributed by atoms with E-state index in [9.17, 15) is 9.59 Å². The van der Waals surface area contributed by atoms with E-state index in [0.29, 0.717) is 25.6 Å².